The number of benzene rings is 4. The van der Waals surface area contributed by atoms with E-state index in [1.54, 1.807) is 24.3 Å². The molecule has 1 fully saturated rings. The summed E-state index contributed by atoms with van der Waals surface area (Å²) in [6.45, 7) is 1.34. The Hall–Kier alpha value is -3.47. The third-order valence-electron chi connectivity index (χ3n) is 7.63. The first-order chi connectivity index (χ1) is 20.8. The number of nitrogens with one attached hydrogen (secondary N) is 1. The molecule has 43 heavy (non-hydrogen) atoms. The van der Waals surface area contributed by atoms with E-state index in [2.05, 4.69) is 5.32 Å². The molecule has 3 atom stereocenters. The molecule has 0 aliphatic carbocycles. The second kappa shape index (κ2) is 14.3. The normalized spacial score (nSPS) is 17.0. The Bertz CT molecular complexity index is 1570. The molecule has 0 radical (unpaired) electrons. The monoisotopic (exact) mass is 615 g/mol. The number of thioether (sulfide) groups is 1. The molecule has 1 saturated heterocycles. The van der Waals surface area contributed by atoms with Crippen molar-refractivity contribution in [1.82, 2.24) is 14.5 Å². The summed E-state index contributed by atoms with van der Waals surface area (Å²) < 4.78 is 28.7. The molecule has 1 amide bonds. The maximum atomic E-state index is 13.7. The molecule has 1 heterocycles. The maximum absolute atomic E-state index is 13.7. The zero-order valence-corrected chi connectivity index (χ0v) is 25.8. The first-order valence-corrected chi connectivity index (χ1v) is 16.9. The molecule has 2 N–H and O–H groups in total. The molecule has 4 aromatic rings. The highest BCUT2D eigenvalue weighted by Crippen LogP contribution is 2.32. The number of likely N-dealkylation sites (N-methyl/N-ethyl adjacent to an activating group) is 1. The summed E-state index contributed by atoms with van der Waals surface area (Å²) in [6.07, 6.45) is -0.0230. The van der Waals surface area contributed by atoms with Crippen LogP contribution in [0, 0.1) is 0 Å². The highest BCUT2D eigenvalue weighted by molar-refractivity contribution is 8.02. The summed E-state index contributed by atoms with van der Waals surface area (Å²) >= 11 is 1.34. The van der Waals surface area contributed by atoms with Crippen molar-refractivity contribution in [1.29, 1.82) is 0 Å². The second-order valence-electron chi connectivity index (χ2n) is 10.7. The van der Waals surface area contributed by atoms with E-state index in [0.717, 1.165) is 22.3 Å². The molecule has 1 aliphatic rings. The van der Waals surface area contributed by atoms with Gasteiger partial charge in [-0.05, 0) is 47.9 Å². The third kappa shape index (κ3) is 7.74. The molecule has 7 nitrogen and oxygen atoms in total. The predicted molar refractivity (Wildman–Crippen MR) is 173 cm³/mol. The lowest BCUT2D eigenvalue weighted by atomic mass is 10.0. The summed E-state index contributed by atoms with van der Waals surface area (Å²) in [6, 6.07) is 35.6. The van der Waals surface area contributed by atoms with Gasteiger partial charge in [-0.25, -0.2) is 8.42 Å². The van der Waals surface area contributed by atoms with Crippen LogP contribution < -0.4 is 5.32 Å². The van der Waals surface area contributed by atoms with E-state index in [1.165, 1.54) is 16.1 Å². The number of aliphatic hydroxyl groups is 1. The average molecular weight is 616 g/mol. The van der Waals surface area contributed by atoms with Gasteiger partial charge in [0.1, 0.15) is 5.37 Å². The summed E-state index contributed by atoms with van der Waals surface area (Å²) in [7, 11) is -1.94. The Balaban J connectivity index is 1.26. The van der Waals surface area contributed by atoms with E-state index in [1.807, 2.05) is 103 Å². The Morgan fingerprint density at radius 2 is 1.44 bits per heavy atom. The van der Waals surface area contributed by atoms with Crippen molar-refractivity contribution in [3.63, 3.8) is 0 Å². The van der Waals surface area contributed by atoms with Crippen LogP contribution in [-0.4, -0.2) is 66.4 Å². The SMILES string of the molecule is CN(CC[C@@H](NC(=O)C1SCCN1S(=O)(=O)c1ccc(-c2ccccc2)cc1)c1ccccc1)CC(O)c1ccccc1. The number of carbonyl (C=O) groups excluding carboxylic acids is 1. The molecule has 4 aromatic carbocycles. The van der Waals surface area contributed by atoms with E-state index in [0.29, 0.717) is 25.3 Å². The van der Waals surface area contributed by atoms with Gasteiger partial charge in [-0.3, -0.25) is 4.79 Å². The molecule has 5 rings (SSSR count). The highest BCUT2D eigenvalue weighted by atomic mass is 32.2. The Morgan fingerprint density at radius 3 is 2.07 bits per heavy atom. The fourth-order valence-corrected chi connectivity index (χ4v) is 8.34. The number of hydrogen-bond acceptors (Lipinski definition) is 6. The quantitative estimate of drug-likeness (QED) is 0.224. The fourth-order valence-electron chi connectivity index (χ4n) is 5.26. The van der Waals surface area contributed by atoms with Gasteiger partial charge < -0.3 is 15.3 Å². The molecule has 0 aromatic heterocycles. The first kappa shape index (κ1) is 31.0. The minimum atomic E-state index is -3.88. The zero-order chi connectivity index (χ0) is 30.2. The number of rotatable bonds is 12. The number of aliphatic hydroxyl groups excluding tert-OH is 1. The van der Waals surface area contributed by atoms with Crippen LogP contribution in [-0.2, 0) is 14.8 Å². The molecule has 1 aliphatic heterocycles. The van der Waals surface area contributed by atoms with Gasteiger partial charge in [0.2, 0.25) is 15.9 Å². The van der Waals surface area contributed by atoms with E-state index < -0.39 is 21.5 Å². The van der Waals surface area contributed by atoms with Crippen molar-refractivity contribution < 1.29 is 18.3 Å². The van der Waals surface area contributed by atoms with E-state index in [-0.39, 0.29) is 23.4 Å². The number of hydrogen-bond donors (Lipinski definition) is 2. The lowest BCUT2D eigenvalue weighted by molar-refractivity contribution is -0.123. The number of nitrogens with zero attached hydrogens (tertiary/aromatic N) is 2. The van der Waals surface area contributed by atoms with Crippen LogP contribution in [0.15, 0.2) is 120 Å². The molecule has 224 valence electrons. The van der Waals surface area contributed by atoms with Gasteiger partial charge in [0, 0.05) is 25.4 Å². The molecule has 0 spiro atoms. The summed E-state index contributed by atoms with van der Waals surface area (Å²) in [5.41, 5.74) is 3.74. The maximum Gasteiger partial charge on any atom is 0.249 e. The predicted octanol–water partition coefficient (Wildman–Crippen LogP) is 5.33. The van der Waals surface area contributed by atoms with Gasteiger partial charge in [0.25, 0.3) is 0 Å². The van der Waals surface area contributed by atoms with Gasteiger partial charge in [-0.2, -0.15) is 4.31 Å². The smallest absolute Gasteiger partial charge is 0.249 e. The third-order valence-corrected chi connectivity index (χ3v) is 10.8. The van der Waals surface area contributed by atoms with Crippen LogP contribution in [0.4, 0.5) is 0 Å². The summed E-state index contributed by atoms with van der Waals surface area (Å²) in [4.78, 5) is 15.9. The van der Waals surface area contributed by atoms with Gasteiger partial charge in [0.05, 0.1) is 17.0 Å². The van der Waals surface area contributed by atoms with Crippen LogP contribution >= 0.6 is 11.8 Å². The molecule has 0 bridgehead atoms. The minimum absolute atomic E-state index is 0.172. The topological polar surface area (TPSA) is 90.0 Å². The van der Waals surface area contributed by atoms with Gasteiger partial charge >= 0.3 is 0 Å². The Kier molecular flexibility index (Phi) is 10.3. The first-order valence-electron chi connectivity index (χ1n) is 14.4. The van der Waals surface area contributed by atoms with E-state index in [4.69, 9.17) is 0 Å². The summed E-state index contributed by atoms with van der Waals surface area (Å²) in [5.74, 6) is 0.211. The molecular formula is C34H37N3O4S2. The average Bonchev–Trinajstić information content (AvgIpc) is 3.56. The van der Waals surface area contributed by atoms with Gasteiger partial charge in [0.15, 0.2) is 0 Å². The fraction of sp³-hybridized carbons (Fsp3) is 0.265. The van der Waals surface area contributed by atoms with Crippen molar-refractivity contribution in [2.45, 2.75) is 28.8 Å². The van der Waals surface area contributed by atoms with Crippen molar-refractivity contribution in [3.8, 4) is 11.1 Å². The van der Waals surface area contributed by atoms with Crippen molar-refractivity contribution in [3.05, 3.63) is 126 Å². The molecule has 0 saturated carbocycles. The van der Waals surface area contributed by atoms with E-state index >= 15 is 0 Å². The Morgan fingerprint density at radius 1 is 0.884 bits per heavy atom. The lowest BCUT2D eigenvalue weighted by Gasteiger charge is -2.27. The van der Waals surface area contributed by atoms with Crippen LogP contribution in [0.2, 0.25) is 0 Å². The Labute approximate surface area is 258 Å². The van der Waals surface area contributed by atoms with Crippen LogP contribution in [0.1, 0.15) is 29.7 Å². The zero-order valence-electron chi connectivity index (χ0n) is 24.1. The second-order valence-corrected chi connectivity index (χ2v) is 13.8. The van der Waals surface area contributed by atoms with Crippen molar-refractivity contribution >= 4 is 27.7 Å². The van der Waals surface area contributed by atoms with Crippen molar-refractivity contribution in [2.75, 3.05) is 32.4 Å². The largest absolute Gasteiger partial charge is 0.387 e. The number of amides is 1. The van der Waals surface area contributed by atoms with E-state index in [9.17, 15) is 18.3 Å². The molecule has 2 unspecified atom stereocenters. The van der Waals surface area contributed by atoms with Crippen LogP contribution in [0.3, 0.4) is 0 Å². The van der Waals surface area contributed by atoms with Gasteiger partial charge in [-0.15, -0.1) is 11.8 Å². The standard InChI is InChI=1S/C34H37N3O4S2/c1-36(25-32(38)29-15-9-4-10-16-29)22-21-31(28-13-7-3-8-14-28)35-33(39)34-37(23-24-42-34)43(40,41)30-19-17-27(18-20-30)26-11-5-2-6-12-26/h2-20,31-32,34,38H,21-25H2,1H3,(H,35,39)/t31-,32?,34?/m1/s1. The minimum Gasteiger partial charge on any atom is -0.387 e. The van der Waals surface area contributed by atoms with Crippen LogP contribution in [0.25, 0.3) is 11.1 Å². The summed E-state index contributed by atoms with van der Waals surface area (Å²) in [5, 5.41) is 12.9. The highest BCUT2D eigenvalue weighted by Gasteiger charge is 2.40. The molecular weight excluding hydrogens is 579 g/mol. The van der Waals surface area contributed by atoms with Crippen molar-refractivity contribution in [2.24, 2.45) is 0 Å². The van der Waals surface area contributed by atoms with Crippen LogP contribution in [0.5, 0.6) is 0 Å². The van der Waals surface area contributed by atoms with Gasteiger partial charge in [-0.1, -0.05) is 103 Å². The number of sulfonamides is 1. The molecule has 9 heteroatoms. The lowest BCUT2D eigenvalue weighted by Crippen LogP contribution is -2.46. The number of carbonyl (C=O) groups is 1.